The summed E-state index contributed by atoms with van der Waals surface area (Å²) < 4.78 is 1.72. The molecule has 1 unspecified atom stereocenters. The Morgan fingerprint density at radius 3 is 2.75 bits per heavy atom. The van der Waals surface area contributed by atoms with E-state index in [0.29, 0.717) is 30.7 Å². The van der Waals surface area contributed by atoms with Crippen LogP contribution in [0.5, 0.6) is 0 Å². The number of anilines is 1. The summed E-state index contributed by atoms with van der Waals surface area (Å²) in [4.78, 5) is 16.6. The van der Waals surface area contributed by atoms with Crippen molar-refractivity contribution in [3.05, 3.63) is 22.7 Å². The van der Waals surface area contributed by atoms with Gasteiger partial charge in [0.15, 0.2) is 5.82 Å². The summed E-state index contributed by atoms with van der Waals surface area (Å²) in [7, 11) is 0. The molecule has 20 heavy (non-hydrogen) atoms. The lowest BCUT2D eigenvalue weighted by Gasteiger charge is -2.23. The first-order valence-corrected chi connectivity index (χ1v) is 7.64. The predicted molar refractivity (Wildman–Crippen MR) is 81.8 cm³/mol. The third-order valence-corrected chi connectivity index (χ3v) is 4.02. The average molecular weight is 278 g/mol. The molecular formula is C15H26N4O. The van der Waals surface area contributed by atoms with Crippen LogP contribution >= 0.6 is 0 Å². The van der Waals surface area contributed by atoms with Gasteiger partial charge in [-0.3, -0.25) is 4.79 Å². The Balaban J connectivity index is 2.13. The summed E-state index contributed by atoms with van der Waals surface area (Å²) in [6.07, 6.45) is 8.37. The van der Waals surface area contributed by atoms with Gasteiger partial charge >= 0.3 is 0 Å². The largest absolute Gasteiger partial charge is 0.361 e. The molecule has 0 aliphatic heterocycles. The quantitative estimate of drug-likeness (QED) is 0.832. The topological polar surface area (TPSA) is 72.9 Å². The Labute approximate surface area is 120 Å². The molecule has 1 aliphatic rings. The molecular weight excluding hydrogens is 252 g/mol. The van der Waals surface area contributed by atoms with Crippen LogP contribution in [0.4, 0.5) is 5.82 Å². The van der Waals surface area contributed by atoms with Gasteiger partial charge < -0.3 is 15.6 Å². The molecule has 0 spiro atoms. The smallest absolute Gasteiger partial charge is 0.293 e. The van der Waals surface area contributed by atoms with Crippen molar-refractivity contribution in [3.8, 4) is 0 Å². The van der Waals surface area contributed by atoms with Crippen LogP contribution in [0.25, 0.3) is 0 Å². The molecule has 1 aromatic heterocycles. The number of aromatic nitrogens is 2. The number of nitrogens with two attached hydrogens (primary N) is 1. The summed E-state index contributed by atoms with van der Waals surface area (Å²) in [5.74, 6) is 1.44. The van der Waals surface area contributed by atoms with Crippen LogP contribution in [0.3, 0.4) is 0 Å². The van der Waals surface area contributed by atoms with Gasteiger partial charge in [0.2, 0.25) is 0 Å². The normalized spacial score (nSPS) is 17.6. The third kappa shape index (κ3) is 3.60. The van der Waals surface area contributed by atoms with Crippen LogP contribution < -0.4 is 16.6 Å². The van der Waals surface area contributed by atoms with Gasteiger partial charge in [-0.1, -0.05) is 26.7 Å². The maximum absolute atomic E-state index is 12.4. The van der Waals surface area contributed by atoms with Crippen LogP contribution in [0.1, 0.15) is 39.5 Å². The Kier molecular flexibility index (Phi) is 5.17. The zero-order valence-corrected chi connectivity index (χ0v) is 12.5. The van der Waals surface area contributed by atoms with Crippen molar-refractivity contribution in [1.82, 2.24) is 9.55 Å². The highest BCUT2D eigenvalue weighted by Gasteiger charge is 2.24. The van der Waals surface area contributed by atoms with E-state index in [1.54, 1.807) is 17.0 Å². The van der Waals surface area contributed by atoms with E-state index in [9.17, 15) is 4.79 Å². The van der Waals surface area contributed by atoms with Crippen LogP contribution in [0.15, 0.2) is 17.2 Å². The maximum atomic E-state index is 12.4. The van der Waals surface area contributed by atoms with Gasteiger partial charge in [0.05, 0.1) is 0 Å². The zero-order valence-electron chi connectivity index (χ0n) is 12.5. The van der Waals surface area contributed by atoms with E-state index in [2.05, 4.69) is 24.1 Å². The highest BCUT2D eigenvalue weighted by atomic mass is 16.1. The van der Waals surface area contributed by atoms with E-state index < -0.39 is 0 Å². The SMILES string of the molecule is CC(C)Cn1ccnc(NC(CN)C2CCCC2)c1=O. The fourth-order valence-corrected chi connectivity index (χ4v) is 2.99. The van der Waals surface area contributed by atoms with E-state index in [-0.39, 0.29) is 11.6 Å². The minimum atomic E-state index is -0.0438. The van der Waals surface area contributed by atoms with Crippen molar-refractivity contribution in [3.63, 3.8) is 0 Å². The van der Waals surface area contributed by atoms with Crippen molar-refractivity contribution in [2.24, 2.45) is 17.6 Å². The average Bonchev–Trinajstić information content (AvgIpc) is 2.93. The highest BCUT2D eigenvalue weighted by Crippen LogP contribution is 2.28. The van der Waals surface area contributed by atoms with Gasteiger partial charge in [0.25, 0.3) is 5.56 Å². The first kappa shape index (κ1) is 15.0. The summed E-state index contributed by atoms with van der Waals surface area (Å²) in [6, 6.07) is 0.160. The molecule has 5 heteroatoms. The number of nitrogens with zero attached hydrogens (tertiary/aromatic N) is 2. The molecule has 0 aromatic carbocycles. The first-order chi connectivity index (χ1) is 9.61. The standard InChI is InChI=1S/C15H26N4O/c1-11(2)10-19-8-7-17-14(15(19)20)18-13(9-16)12-5-3-4-6-12/h7-8,11-13H,3-6,9-10,16H2,1-2H3,(H,17,18). The van der Waals surface area contributed by atoms with Crippen LogP contribution in [-0.4, -0.2) is 22.1 Å². The second kappa shape index (κ2) is 6.88. The first-order valence-electron chi connectivity index (χ1n) is 7.64. The Hall–Kier alpha value is -1.36. The predicted octanol–water partition coefficient (Wildman–Crippen LogP) is 1.83. The van der Waals surface area contributed by atoms with Crippen molar-refractivity contribution in [2.75, 3.05) is 11.9 Å². The van der Waals surface area contributed by atoms with Crippen molar-refractivity contribution in [1.29, 1.82) is 0 Å². The minimum Gasteiger partial charge on any atom is -0.361 e. The Bertz CT molecular complexity index is 477. The van der Waals surface area contributed by atoms with Gasteiger partial charge in [-0.25, -0.2) is 4.98 Å². The maximum Gasteiger partial charge on any atom is 0.293 e. The molecule has 112 valence electrons. The molecule has 1 aliphatic carbocycles. The second-order valence-corrected chi connectivity index (χ2v) is 6.16. The molecule has 1 saturated carbocycles. The summed E-state index contributed by atoms with van der Waals surface area (Å²) >= 11 is 0. The molecule has 5 nitrogen and oxygen atoms in total. The molecule has 0 amide bonds. The fourth-order valence-electron chi connectivity index (χ4n) is 2.99. The Morgan fingerprint density at radius 1 is 1.45 bits per heavy atom. The molecule has 1 fully saturated rings. The summed E-state index contributed by atoms with van der Waals surface area (Å²) in [5.41, 5.74) is 5.83. The lowest BCUT2D eigenvalue weighted by Crippen LogP contribution is -2.38. The molecule has 0 saturated heterocycles. The molecule has 1 heterocycles. The number of hydrogen-bond donors (Lipinski definition) is 2. The Morgan fingerprint density at radius 2 is 2.15 bits per heavy atom. The van der Waals surface area contributed by atoms with Gasteiger partial charge in [-0.2, -0.15) is 0 Å². The van der Waals surface area contributed by atoms with Crippen molar-refractivity contribution < 1.29 is 0 Å². The summed E-state index contributed by atoms with van der Waals surface area (Å²) in [6.45, 7) is 5.46. The zero-order chi connectivity index (χ0) is 14.5. The molecule has 1 atom stereocenters. The second-order valence-electron chi connectivity index (χ2n) is 6.16. The van der Waals surface area contributed by atoms with Gasteiger partial charge in [0.1, 0.15) is 0 Å². The van der Waals surface area contributed by atoms with E-state index in [4.69, 9.17) is 5.73 Å². The molecule has 1 aromatic rings. The van der Waals surface area contributed by atoms with Crippen LogP contribution in [0, 0.1) is 11.8 Å². The van der Waals surface area contributed by atoms with E-state index in [1.807, 2.05) is 0 Å². The van der Waals surface area contributed by atoms with Crippen LogP contribution in [-0.2, 0) is 6.54 Å². The van der Waals surface area contributed by atoms with E-state index >= 15 is 0 Å². The minimum absolute atomic E-state index is 0.0438. The lowest BCUT2D eigenvalue weighted by molar-refractivity contribution is 0.459. The van der Waals surface area contributed by atoms with Crippen LogP contribution in [0.2, 0.25) is 0 Å². The molecule has 3 N–H and O–H groups in total. The van der Waals surface area contributed by atoms with Gasteiger partial charge in [0, 0.05) is 31.5 Å². The van der Waals surface area contributed by atoms with Gasteiger partial charge in [-0.15, -0.1) is 0 Å². The fraction of sp³-hybridized carbons (Fsp3) is 0.733. The van der Waals surface area contributed by atoms with E-state index in [0.717, 1.165) is 0 Å². The van der Waals surface area contributed by atoms with Crippen molar-refractivity contribution >= 4 is 5.82 Å². The monoisotopic (exact) mass is 278 g/mol. The third-order valence-electron chi connectivity index (χ3n) is 4.02. The number of nitrogens with one attached hydrogen (secondary N) is 1. The number of rotatable bonds is 6. The van der Waals surface area contributed by atoms with E-state index in [1.165, 1.54) is 25.7 Å². The van der Waals surface area contributed by atoms with Gasteiger partial charge in [-0.05, 0) is 24.7 Å². The molecule has 0 radical (unpaired) electrons. The molecule has 0 bridgehead atoms. The highest BCUT2D eigenvalue weighted by molar-refractivity contribution is 5.32. The number of hydrogen-bond acceptors (Lipinski definition) is 4. The molecule has 2 rings (SSSR count). The summed E-state index contributed by atoms with van der Waals surface area (Å²) in [5, 5.41) is 3.28. The lowest BCUT2D eigenvalue weighted by atomic mass is 9.98. The van der Waals surface area contributed by atoms with Crippen molar-refractivity contribution in [2.45, 2.75) is 52.1 Å².